The van der Waals surface area contributed by atoms with E-state index in [2.05, 4.69) is 27.4 Å². The average Bonchev–Trinajstić information content (AvgIpc) is 2.75. The van der Waals surface area contributed by atoms with Gasteiger partial charge in [0.2, 0.25) is 0 Å². The minimum atomic E-state index is -0.641. The smallest absolute Gasteiger partial charge is 0.191 e. The van der Waals surface area contributed by atoms with Gasteiger partial charge in [-0.1, -0.05) is 12.1 Å². The number of piperidine rings is 1. The molecule has 0 amide bonds. The zero-order valence-corrected chi connectivity index (χ0v) is 21.8. The number of halogens is 1. The van der Waals surface area contributed by atoms with Gasteiger partial charge >= 0.3 is 0 Å². The molecule has 0 aromatic heterocycles. The highest BCUT2D eigenvalue weighted by atomic mass is 127. The fourth-order valence-electron chi connectivity index (χ4n) is 3.54. The van der Waals surface area contributed by atoms with Gasteiger partial charge < -0.3 is 30.1 Å². The number of aliphatic imine (C=N–C) groups is 1. The van der Waals surface area contributed by atoms with Crippen molar-refractivity contribution in [1.29, 1.82) is 0 Å². The quantitative estimate of drug-likeness (QED) is 0.224. The van der Waals surface area contributed by atoms with Crippen molar-refractivity contribution in [3.8, 4) is 5.75 Å². The molecule has 1 saturated heterocycles. The summed E-state index contributed by atoms with van der Waals surface area (Å²) >= 11 is 0. The molecule has 1 aromatic carbocycles. The summed E-state index contributed by atoms with van der Waals surface area (Å²) in [5, 5.41) is 17.2. The monoisotopic (exact) mass is 548 g/mol. The van der Waals surface area contributed by atoms with Gasteiger partial charge in [0, 0.05) is 26.7 Å². The van der Waals surface area contributed by atoms with Gasteiger partial charge in [-0.25, -0.2) is 0 Å². The molecular formula is C23H41IN4O3. The number of benzene rings is 1. The second kappa shape index (κ2) is 15.7. The third-order valence-corrected chi connectivity index (χ3v) is 5.28. The highest BCUT2D eigenvalue weighted by Gasteiger charge is 2.19. The number of hydrogen-bond acceptors (Lipinski definition) is 5. The van der Waals surface area contributed by atoms with Crippen molar-refractivity contribution in [2.75, 3.05) is 53.0 Å². The molecule has 0 radical (unpaired) electrons. The Balaban J connectivity index is 0.00000480. The van der Waals surface area contributed by atoms with Gasteiger partial charge in [0.15, 0.2) is 5.96 Å². The number of ether oxygens (including phenoxy) is 2. The molecule has 0 saturated carbocycles. The minimum absolute atomic E-state index is 0. The van der Waals surface area contributed by atoms with E-state index in [9.17, 15) is 5.11 Å². The summed E-state index contributed by atoms with van der Waals surface area (Å²) in [6.07, 6.45) is 1.86. The van der Waals surface area contributed by atoms with E-state index < -0.39 is 6.10 Å². The molecule has 1 fully saturated rings. The van der Waals surface area contributed by atoms with E-state index in [-0.39, 0.29) is 30.1 Å². The topological polar surface area (TPSA) is 78.4 Å². The lowest BCUT2D eigenvalue weighted by molar-refractivity contribution is 0.121. The van der Waals surface area contributed by atoms with Crippen LogP contribution in [0.5, 0.6) is 5.75 Å². The van der Waals surface area contributed by atoms with Gasteiger partial charge in [0.25, 0.3) is 0 Å². The molecule has 3 N–H and O–H groups in total. The van der Waals surface area contributed by atoms with Crippen LogP contribution >= 0.6 is 24.0 Å². The molecular weight excluding hydrogens is 507 g/mol. The molecule has 2 rings (SSSR count). The zero-order chi connectivity index (χ0) is 21.8. The maximum Gasteiger partial charge on any atom is 0.191 e. The van der Waals surface area contributed by atoms with Crippen molar-refractivity contribution in [1.82, 2.24) is 15.5 Å². The van der Waals surface area contributed by atoms with Crippen molar-refractivity contribution >= 4 is 29.9 Å². The summed E-state index contributed by atoms with van der Waals surface area (Å²) in [6.45, 7) is 12.1. The number of methoxy groups -OCH3 is 1. The third kappa shape index (κ3) is 10.9. The van der Waals surface area contributed by atoms with Crippen LogP contribution in [0.4, 0.5) is 0 Å². The highest BCUT2D eigenvalue weighted by molar-refractivity contribution is 14.0. The summed E-state index contributed by atoms with van der Waals surface area (Å²) in [4.78, 5) is 7.05. The van der Waals surface area contributed by atoms with E-state index in [1.807, 2.05) is 38.1 Å². The number of aliphatic hydroxyl groups is 1. The number of aliphatic hydroxyl groups excluding tert-OH is 1. The summed E-state index contributed by atoms with van der Waals surface area (Å²) in [6, 6.07) is 7.58. The van der Waals surface area contributed by atoms with Crippen molar-refractivity contribution in [2.45, 2.75) is 45.8 Å². The van der Waals surface area contributed by atoms with E-state index in [0.29, 0.717) is 12.5 Å². The number of likely N-dealkylation sites (tertiary alicyclic amines) is 1. The van der Waals surface area contributed by atoms with Crippen molar-refractivity contribution in [2.24, 2.45) is 10.9 Å². The predicted octanol–water partition coefficient (Wildman–Crippen LogP) is 3.04. The Morgan fingerprint density at radius 1 is 1.19 bits per heavy atom. The van der Waals surface area contributed by atoms with Gasteiger partial charge in [-0.15, -0.1) is 24.0 Å². The molecule has 1 unspecified atom stereocenters. The molecule has 0 spiro atoms. The largest absolute Gasteiger partial charge is 0.491 e. The first-order valence-corrected chi connectivity index (χ1v) is 11.2. The lowest BCUT2D eigenvalue weighted by Crippen LogP contribution is -2.43. The standard InChI is InChI=1S/C23H40N4O3.HI/c1-5-24-23(25-16-19-10-12-27(13-11-19)14-15-29-4)26-17-22(28)20-6-8-21(9-7-20)30-18(2)3;/h6-9,18-19,22,28H,5,10-17H2,1-4H3,(H2,24,25,26);1H. The van der Waals surface area contributed by atoms with E-state index in [1.165, 1.54) is 12.8 Å². The minimum Gasteiger partial charge on any atom is -0.491 e. The predicted molar refractivity (Wildman–Crippen MR) is 138 cm³/mol. The van der Waals surface area contributed by atoms with Crippen LogP contribution in [0, 0.1) is 5.92 Å². The Hall–Kier alpha value is -1.10. The normalized spacial score (nSPS) is 16.6. The molecule has 1 atom stereocenters. The lowest BCUT2D eigenvalue weighted by atomic mass is 9.97. The molecule has 1 heterocycles. The van der Waals surface area contributed by atoms with E-state index in [4.69, 9.17) is 9.47 Å². The van der Waals surface area contributed by atoms with Crippen LogP contribution in [-0.4, -0.2) is 75.1 Å². The van der Waals surface area contributed by atoms with Crippen LogP contribution in [0.3, 0.4) is 0 Å². The summed E-state index contributed by atoms with van der Waals surface area (Å²) in [5.41, 5.74) is 0.842. The highest BCUT2D eigenvalue weighted by Crippen LogP contribution is 2.19. The number of guanidine groups is 1. The van der Waals surface area contributed by atoms with Gasteiger partial charge in [0.1, 0.15) is 5.75 Å². The molecule has 31 heavy (non-hydrogen) atoms. The summed E-state index contributed by atoms with van der Waals surface area (Å²) < 4.78 is 10.8. The van der Waals surface area contributed by atoms with Crippen LogP contribution in [-0.2, 0) is 4.74 Å². The van der Waals surface area contributed by atoms with E-state index in [0.717, 1.165) is 56.6 Å². The Labute approximate surface area is 205 Å². The van der Waals surface area contributed by atoms with Gasteiger partial charge in [-0.05, 0) is 70.3 Å². The molecule has 0 aliphatic carbocycles. The molecule has 8 heteroatoms. The molecule has 7 nitrogen and oxygen atoms in total. The molecule has 1 aliphatic heterocycles. The van der Waals surface area contributed by atoms with E-state index in [1.54, 1.807) is 7.11 Å². The Morgan fingerprint density at radius 3 is 2.45 bits per heavy atom. The van der Waals surface area contributed by atoms with Crippen molar-refractivity contribution in [3.63, 3.8) is 0 Å². The fraction of sp³-hybridized carbons (Fsp3) is 0.696. The van der Waals surface area contributed by atoms with Gasteiger partial charge in [-0.2, -0.15) is 0 Å². The van der Waals surface area contributed by atoms with Crippen LogP contribution in [0.25, 0.3) is 0 Å². The molecule has 1 aromatic rings. The second-order valence-electron chi connectivity index (χ2n) is 8.13. The molecule has 178 valence electrons. The molecule has 0 bridgehead atoms. The van der Waals surface area contributed by atoms with Crippen LogP contribution in [0.15, 0.2) is 29.3 Å². The first-order valence-electron chi connectivity index (χ1n) is 11.2. The number of hydrogen-bond donors (Lipinski definition) is 3. The van der Waals surface area contributed by atoms with Gasteiger partial charge in [-0.3, -0.25) is 4.99 Å². The van der Waals surface area contributed by atoms with Crippen molar-refractivity contribution in [3.05, 3.63) is 29.8 Å². The van der Waals surface area contributed by atoms with Gasteiger partial charge in [0.05, 0.1) is 25.4 Å². The number of nitrogens with one attached hydrogen (secondary N) is 2. The van der Waals surface area contributed by atoms with Crippen LogP contribution < -0.4 is 15.4 Å². The fourth-order valence-corrected chi connectivity index (χ4v) is 3.54. The second-order valence-corrected chi connectivity index (χ2v) is 8.13. The first kappa shape index (κ1) is 27.9. The Bertz CT molecular complexity index is 620. The Kier molecular flexibility index (Phi) is 14.1. The van der Waals surface area contributed by atoms with E-state index >= 15 is 0 Å². The number of nitrogens with zero attached hydrogens (tertiary/aromatic N) is 2. The zero-order valence-electron chi connectivity index (χ0n) is 19.5. The number of rotatable bonds is 11. The lowest BCUT2D eigenvalue weighted by Gasteiger charge is -2.32. The molecule has 1 aliphatic rings. The first-order chi connectivity index (χ1) is 14.5. The van der Waals surface area contributed by atoms with Crippen LogP contribution in [0.1, 0.15) is 45.3 Å². The summed E-state index contributed by atoms with van der Waals surface area (Å²) in [5.74, 6) is 2.22. The third-order valence-electron chi connectivity index (χ3n) is 5.28. The SMILES string of the molecule is CCNC(=NCC(O)c1ccc(OC(C)C)cc1)NCC1CCN(CCOC)CC1.I. The van der Waals surface area contributed by atoms with Crippen LogP contribution in [0.2, 0.25) is 0 Å². The maximum absolute atomic E-state index is 10.5. The average molecular weight is 549 g/mol. The van der Waals surface area contributed by atoms with Crippen molar-refractivity contribution < 1.29 is 14.6 Å². The maximum atomic E-state index is 10.5. The summed E-state index contributed by atoms with van der Waals surface area (Å²) in [7, 11) is 1.76. The Morgan fingerprint density at radius 2 is 1.87 bits per heavy atom.